The average Bonchev–Trinajstić information content (AvgIpc) is 3.23. The molecule has 1 aromatic carbocycles. The van der Waals surface area contributed by atoms with Crippen molar-refractivity contribution in [2.75, 3.05) is 5.32 Å². The van der Waals surface area contributed by atoms with E-state index in [1.807, 2.05) is 18.2 Å². The van der Waals surface area contributed by atoms with Crippen LogP contribution in [-0.4, -0.2) is 20.9 Å². The summed E-state index contributed by atoms with van der Waals surface area (Å²) in [5.74, 6) is 37.7. The minimum atomic E-state index is -0.0165. The van der Waals surface area contributed by atoms with E-state index in [1.165, 1.54) is 19.3 Å². The first-order valence-electron chi connectivity index (χ1n) is 12.4. The molecule has 0 unspecified atom stereocenters. The minimum Gasteiger partial charge on any atom is -0.412 e. The molecular formula is C34H48N6O2. The Kier molecular flexibility index (Phi) is 17.8. The number of carbonyl (C=O) groups is 1. The van der Waals surface area contributed by atoms with Crippen molar-refractivity contribution in [1.82, 2.24) is 9.55 Å². The monoisotopic (exact) mass is 572 g/mol. The van der Waals surface area contributed by atoms with E-state index in [1.54, 1.807) is 11.8 Å². The Morgan fingerprint density at radius 1 is 1.02 bits per heavy atom. The van der Waals surface area contributed by atoms with Gasteiger partial charge < -0.3 is 10.0 Å². The number of nitrogens with zero attached hydrogens (tertiary/aromatic N) is 4. The molecule has 1 heterocycles. The van der Waals surface area contributed by atoms with Gasteiger partial charge in [0.2, 0.25) is 11.9 Å². The Balaban J connectivity index is -0.0000000655. The number of rotatable bonds is 3. The van der Waals surface area contributed by atoms with Crippen molar-refractivity contribution in [2.45, 2.75) is 59.4 Å². The number of terminal acetylenes is 1. The van der Waals surface area contributed by atoms with Crippen molar-refractivity contribution in [1.29, 1.82) is 5.53 Å². The topological polar surface area (TPSA) is 139 Å². The lowest BCUT2D eigenvalue weighted by Gasteiger charge is -2.29. The smallest absolute Gasteiger partial charge is 0.227 e. The molecular weight excluding hydrogens is 524 g/mol. The predicted octanol–water partition coefficient (Wildman–Crippen LogP) is 7.06. The van der Waals surface area contributed by atoms with E-state index < -0.39 is 0 Å². The second kappa shape index (κ2) is 20.8. The highest BCUT2D eigenvalue weighted by atomic mass is 16.1. The molecule has 1 fully saturated rings. The molecule has 1 aliphatic carbocycles. The molecule has 0 saturated heterocycles. The van der Waals surface area contributed by atoms with Gasteiger partial charge in [0.15, 0.2) is 0 Å². The lowest BCUT2D eigenvalue weighted by molar-refractivity contribution is -0.117. The molecule has 0 spiro atoms. The van der Waals surface area contributed by atoms with Crippen LogP contribution in [0.1, 0.15) is 72.3 Å². The number of hydrogen-bond donors (Lipinski definition) is 2. The number of para-hydroxylation sites is 2. The SMILES string of the molecule is C#CC#CC#CC#CC#CC#CC#CC#CC.CC(C)(C)CC(=O)Nc1nc2ccccc2n1C1CCC1.O.[HH].[HH].[HH].[HH].[HH].[HH].[HH].[HH].[HH].[N-]=[N+]=N. The van der Waals surface area contributed by atoms with E-state index in [9.17, 15) is 4.79 Å². The van der Waals surface area contributed by atoms with Crippen LogP contribution in [0.25, 0.3) is 21.5 Å². The summed E-state index contributed by atoms with van der Waals surface area (Å²) in [5, 5.41) is 3.02. The summed E-state index contributed by atoms with van der Waals surface area (Å²) < 4.78 is 2.21. The van der Waals surface area contributed by atoms with E-state index in [4.69, 9.17) is 17.5 Å². The van der Waals surface area contributed by atoms with Gasteiger partial charge in [0, 0.05) is 25.3 Å². The number of amides is 1. The first-order chi connectivity index (χ1) is 19.8. The standard InChI is InChI=1S/C17H23N3O.C17H4.HN3.H2O.9H2/c1-17(2,3)11-15(21)19-16-18-13-9-4-5-10-14(13)20(16)12-7-6-8-12;1-3-5-7-9-11-13-15-17-16-14-12-10-8-6-4-2;1-3-2;;;;;;;;;;/h4-5,9-10,12H,6-8,11H2,1-3H3,(H,18,19,21);1H,2H3;1H;1H2;9*1H. The van der Waals surface area contributed by atoms with Crippen molar-refractivity contribution in [3.63, 3.8) is 0 Å². The number of fused-ring (bicyclic) bond motifs is 1. The number of carbonyl (C=O) groups excluding carboxylic acids is 1. The van der Waals surface area contributed by atoms with Crippen LogP contribution in [0.5, 0.6) is 0 Å². The van der Waals surface area contributed by atoms with Crippen LogP contribution in [0.15, 0.2) is 24.3 Å². The fourth-order valence-electron chi connectivity index (χ4n) is 3.24. The van der Waals surface area contributed by atoms with Crippen LogP contribution in [0, 0.1) is 106 Å². The first kappa shape index (κ1) is 35.9. The van der Waals surface area contributed by atoms with Gasteiger partial charge >= 0.3 is 0 Å². The van der Waals surface area contributed by atoms with Gasteiger partial charge in [0.1, 0.15) is 0 Å². The molecule has 0 atom stereocenters. The van der Waals surface area contributed by atoms with Crippen LogP contribution < -0.4 is 5.32 Å². The molecule has 1 aliphatic rings. The van der Waals surface area contributed by atoms with Crippen molar-refractivity contribution in [3.8, 4) is 95.2 Å². The van der Waals surface area contributed by atoms with Gasteiger partial charge in [-0.3, -0.25) is 10.1 Å². The lowest BCUT2D eigenvalue weighted by Crippen LogP contribution is -2.24. The first-order valence-corrected chi connectivity index (χ1v) is 12.4. The third kappa shape index (κ3) is 14.7. The molecule has 4 N–H and O–H groups in total. The van der Waals surface area contributed by atoms with Gasteiger partial charge in [-0.25, -0.2) is 4.98 Å². The van der Waals surface area contributed by atoms with Gasteiger partial charge in [-0.2, -0.15) is 0 Å². The summed E-state index contributed by atoms with van der Waals surface area (Å²) in [6.07, 6.45) is 8.98. The van der Waals surface area contributed by atoms with Crippen LogP contribution in [0.4, 0.5) is 5.95 Å². The van der Waals surface area contributed by atoms with Crippen LogP contribution in [-0.2, 0) is 4.79 Å². The molecule has 3 rings (SSSR count). The Labute approximate surface area is 261 Å². The van der Waals surface area contributed by atoms with Crippen molar-refractivity contribution < 1.29 is 23.1 Å². The quantitative estimate of drug-likeness (QED) is 0.176. The molecule has 42 heavy (non-hydrogen) atoms. The number of anilines is 1. The normalized spacial score (nSPS) is 9.69. The highest BCUT2D eigenvalue weighted by Crippen LogP contribution is 2.37. The molecule has 1 aromatic heterocycles. The maximum atomic E-state index is 12.2. The summed E-state index contributed by atoms with van der Waals surface area (Å²) in [5.41, 5.74) is 14.3. The van der Waals surface area contributed by atoms with E-state index >= 15 is 0 Å². The maximum absolute atomic E-state index is 12.2. The summed E-state index contributed by atoms with van der Waals surface area (Å²) in [6.45, 7) is 7.91. The van der Waals surface area contributed by atoms with Crippen molar-refractivity contribution in [3.05, 3.63) is 34.7 Å². The Morgan fingerprint density at radius 2 is 1.50 bits per heavy atom. The van der Waals surface area contributed by atoms with Gasteiger partial charge in [0.05, 0.1) is 11.0 Å². The zero-order valence-electron chi connectivity index (χ0n) is 24.0. The molecule has 1 amide bonds. The summed E-state index contributed by atoms with van der Waals surface area (Å²) in [7, 11) is 0. The second-order valence-electron chi connectivity index (χ2n) is 9.28. The zero-order valence-corrected chi connectivity index (χ0v) is 24.0. The number of nitrogens with one attached hydrogen (secondary N) is 2. The maximum Gasteiger partial charge on any atom is 0.227 e. The fraction of sp³-hybridized carbons (Fsp3) is 0.294. The third-order valence-corrected chi connectivity index (χ3v) is 4.92. The van der Waals surface area contributed by atoms with Crippen molar-refractivity contribution in [2.24, 2.45) is 5.41 Å². The average molecular weight is 573 g/mol. The van der Waals surface area contributed by atoms with E-state index in [-0.39, 0.29) is 29.6 Å². The van der Waals surface area contributed by atoms with Gasteiger partial charge in [-0.1, -0.05) is 38.8 Å². The Morgan fingerprint density at radius 3 is 1.93 bits per heavy atom. The minimum absolute atomic E-state index is 0. The highest BCUT2D eigenvalue weighted by Gasteiger charge is 2.26. The van der Waals surface area contributed by atoms with E-state index in [0.717, 1.165) is 11.0 Å². The van der Waals surface area contributed by atoms with Crippen molar-refractivity contribution >= 4 is 22.9 Å². The summed E-state index contributed by atoms with van der Waals surface area (Å²) >= 11 is 0. The number of imidazole rings is 1. The van der Waals surface area contributed by atoms with E-state index in [2.05, 4.69) is 131 Å². The molecule has 1 saturated carbocycles. The number of benzene rings is 1. The van der Waals surface area contributed by atoms with E-state index in [0.29, 0.717) is 18.4 Å². The predicted molar refractivity (Wildman–Crippen MR) is 186 cm³/mol. The van der Waals surface area contributed by atoms with Gasteiger partial charge in [-0.15, -0.1) is 12.0 Å². The molecule has 0 radical (unpaired) electrons. The van der Waals surface area contributed by atoms with Gasteiger partial charge in [0.25, 0.3) is 0 Å². The molecule has 8 heteroatoms. The zero-order chi connectivity index (χ0) is 30.3. The fourth-order valence-corrected chi connectivity index (χ4v) is 3.24. The molecule has 2 aromatic rings. The highest BCUT2D eigenvalue weighted by molar-refractivity contribution is 5.92. The number of hydrogen-bond acceptors (Lipinski definition) is 3. The second-order valence-corrected chi connectivity index (χ2v) is 9.28. The van der Waals surface area contributed by atoms with Gasteiger partial charge in [-0.05, 0) is 137 Å². The lowest BCUT2D eigenvalue weighted by atomic mass is 9.92. The third-order valence-electron chi connectivity index (χ3n) is 4.92. The Hall–Kier alpha value is -6.09. The van der Waals surface area contributed by atoms with Crippen LogP contribution in [0.2, 0.25) is 0 Å². The molecule has 8 nitrogen and oxygen atoms in total. The van der Waals surface area contributed by atoms with Crippen LogP contribution in [0.3, 0.4) is 0 Å². The molecule has 0 aliphatic heterocycles. The number of aromatic nitrogens is 2. The Bertz CT molecular complexity index is 1790. The largest absolute Gasteiger partial charge is 0.412 e. The summed E-state index contributed by atoms with van der Waals surface area (Å²) in [6, 6.07) is 8.58. The summed E-state index contributed by atoms with van der Waals surface area (Å²) in [4.78, 5) is 18.6. The molecule has 0 bridgehead atoms. The molecule has 226 valence electrons. The van der Waals surface area contributed by atoms with Crippen LogP contribution >= 0.6 is 0 Å².